The second-order valence-corrected chi connectivity index (χ2v) is 9.54. The highest BCUT2D eigenvalue weighted by Gasteiger charge is 2.26. The van der Waals surface area contributed by atoms with Gasteiger partial charge in [-0.05, 0) is 68.1 Å². The molecular formula is C29H44. The number of hydrogen-bond acceptors (Lipinski definition) is 0. The van der Waals surface area contributed by atoms with Gasteiger partial charge in [-0.25, -0.2) is 0 Å². The highest BCUT2D eigenvalue weighted by molar-refractivity contribution is 5.77. The molecule has 2 saturated carbocycles. The van der Waals surface area contributed by atoms with Crippen LogP contribution in [0.2, 0.25) is 0 Å². The van der Waals surface area contributed by atoms with Gasteiger partial charge in [-0.3, -0.25) is 0 Å². The van der Waals surface area contributed by atoms with Gasteiger partial charge >= 0.3 is 0 Å². The number of rotatable bonds is 8. The molecule has 0 nitrogen and oxygen atoms in total. The van der Waals surface area contributed by atoms with Gasteiger partial charge in [0.1, 0.15) is 0 Å². The summed E-state index contributed by atoms with van der Waals surface area (Å²) < 4.78 is 0. The summed E-state index contributed by atoms with van der Waals surface area (Å²) in [5, 5.41) is 0. The molecular weight excluding hydrogens is 348 g/mol. The average molecular weight is 393 g/mol. The lowest BCUT2D eigenvalue weighted by atomic mass is 9.71. The third kappa shape index (κ3) is 8.37. The average Bonchev–Trinajstić information content (AvgIpc) is 2.73. The third-order valence-electron chi connectivity index (χ3n) is 6.82. The molecule has 0 bridgehead atoms. The Hall–Kier alpha value is -1.56. The molecule has 2 aliphatic rings. The molecule has 0 amide bonds. The topological polar surface area (TPSA) is 0 Å². The zero-order chi connectivity index (χ0) is 21.1. The van der Waals surface area contributed by atoms with Gasteiger partial charge in [0.25, 0.3) is 0 Å². The number of fused-ring (bicyclic) bond motifs is 1. The van der Waals surface area contributed by atoms with Gasteiger partial charge in [-0.2, -0.15) is 0 Å². The third-order valence-corrected chi connectivity index (χ3v) is 6.82. The minimum Gasteiger partial charge on any atom is -0.100 e. The predicted molar refractivity (Wildman–Crippen MR) is 132 cm³/mol. The summed E-state index contributed by atoms with van der Waals surface area (Å²) in [6, 6.07) is 8.42. The van der Waals surface area contributed by atoms with E-state index in [1.165, 1.54) is 67.2 Å². The lowest BCUT2D eigenvalue weighted by molar-refractivity contribution is 0.171. The second kappa shape index (κ2) is 12.9. The van der Waals surface area contributed by atoms with E-state index in [0.29, 0.717) is 0 Å². The van der Waals surface area contributed by atoms with Gasteiger partial charge in [0.15, 0.2) is 0 Å². The first-order valence-electron chi connectivity index (χ1n) is 12.1. The van der Waals surface area contributed by atoms with Crippen molar-refractivity contribution in [1.29, 1.82) is 0 Å². The summed E-state index contributed by atoms with van der Waals surface area (Å²) in [6.07, 6.45) is 18.3. The molecule has 0 heteroatoms. The quantitative estimate of drug-likeness (QED) is 0.305. The zero-order valence-corrected chi connectivity index (χ0v) is 19.3. The zero-order valence-electron chi connectivity index (χ0n) is 19.3. The van der Waals surface area contributed by atoms with E-state index in [2.05, 4.69) is 57.8 Å². The highest BCUT2D eigenvalue weighted by Crippen LogP contribution is 2.40. The fourth-order valence-corrected chi connectivity index (χ4v) is 5.10. The largest absolute Gasteiger partial charge is 0.100 e. The van der Waals surface area contributed by atoms with E-state index in [1.807, 2.05) is 0 Å². The molecule has 0 aromatic heterocycles. The van der Waals surface area contributed by atoms with Crippen molar-refractivity contribution in [3.05, 3.63) is 60.7 Å². The molecule has 0 N–H and O–H groups in total. The van der Waals surface area contributed by atoms with E-state index in [9.17, 15) is 0 Å². The Kier molecular flexibility index (Phi) is 10.5. The van der Waals surface area contributed by atoms with Crippen molar-refractivity contribution in [2.45, 2.75) is 97.3 Å². The van der Waals surface area contributed by atoms with Crippen LogP contribution in [-0.2, 0) is 0 Å². The fraction of sp³-hybridized carbons (Fsp3) is 0.586. The van der Waals surface area contributed by atoms with E-state index in [1.54, 1.807) is 25.7 Å². The molecule has 0 heterocycles. The Morgan fingerprint density at radius 3 is 1.69 bits per heavy atom. The van der Waals surface area contributed by atoms with E-state index in [0.717, 1.165) is 30.3 Å². The van der Waals surface area contributed by atoms with E-state index in [4.69, 9.17) is 0 Å². The van der Waals surface area contributed by atoms with Crippen LogP contribution in [0.15, 0.2) is 49.6 Å². The first-order valence-corrected chi connectivity index (χ1v) is 12.1. The monoisotopic (exact) mass is 392 g/mol. The first kappa shape index (κ1) is 23.7. The number of allylic oxidation sites excluding steroid dienone is 3. The Morgan fingerprint density at radius 1 is 0.724 bits per heavy atom. The van der Waals surface area contributed by atoms with Crippen molar-refractivity contribution in [2.75, 3.05) is 0 Å². The summed E-state index contributed by atoms with van der Waals surface area (Å²) >= 11 is 0. The Balaban J connectivity index is 0.000000248. The van der Waals surface area contributed by atoms with Crippen LogP contribution < -0.4 is 0 Å². The number of benzene rings is 1. The highest BCUT2D eigenvalue weighted by atomic mass is 14.3. The Bertz CT molecular complexity index is 636. The maximum atomic E-state index is 4.24. The van der Waals surface area contributed by atoms with Crippen molar-refractivity contribution in [3.63, 3.8) is 0 Å². The molecule has 0 saturated heterocycles. The maximum Gasteiger partial charge on any atom is -0.0155 e. The SMILES string of the molecule is C1CCC2CCCCC2C1.C=C(C)CCCCCC(=C)c1ccccc1C(=C)C. The molecule has 0 unspecified atom stereocenters. The Morgan fingerprint density at radius 2 is 1.21 bits per heavy atom. The van der Waals surface area contributed by atoms with Crippen molar-refractivity contribution in [3.8, 4) is 0 Å². The van der Waals surface area contributed by atoms with Gasteiger partial charge in [0.2, 0.25) is 0 Å². The molecule has 3 rings (SSSR count). The van der Waals surface area contributed by atoms with Gasteiger partial charge in [0, 0.05) is 0 Å². The summed E-state index contributed by atoms with van der Waals surface area (Å²) in [5.74, 6) is 2.31. The Labute approximate surface area is 181 Å². The van der Waals surface area contributed by atoms with Crippen LogP contribution in [0.25, 0.3) is 11.1 Å². The summed E-state index contributed by atoms with van der Waals surface area (Å²) in [5.41, 5.74) is 6.11. The van der Waals surface area contributed by atoms with Crippen molar-refractivity contribution in [1.82, 2.24) is 0 Å². The van der Waals surface area contributed by atoms with Crippen LogP contribution in [0.3, 0.4) is 0 Å². The molecule has 1 aromatic carbocycles. The minimum atomic E-state index is 1.07. The molecule has 0 aliphatic heterocycles. The van der Waals surface area contributed by atoms with Crippen LogP contribution in [0, 0.1) is 11.8 Å². The molecule has 29 heavy (non-hydrogen) atoms. The van der Waals surface area contributed by atoms with Crippen molar-refractivity contribution >= 4 is 11.1 Å². The molecule has 0 atom stereocenters. The molecule has 0 spiro atoms. The maximum absolute atomic E-state index is 4.24. The van der Waals surface area contributed by atoms with E-state index >= 15 is 0 Å². The van der Waals surface area contributed by atoms with Gasteiger partial charge in [0.05, 0.1) is 0 Å². The molecule has 1 aromatic rings. The summed E-state index contributed by atoms with van der Waals surface area (Å²) in [4.78, 5) is 0. The number of hydrogen-bond donors (Lipinski definition) is 0. The van der Waals surface area contributed by atoms with E-state index in [-0.39, 0.29) is 0 Å². The second-order valence-electron chi connectivity index (χ2n) is 9.54. The molecule has 160 valence electrons. The summed E-state index contributed by atoms with van der Waals surface area (Å²) in [7, 11) is 0. The van der Waals surface area contributed by atoms with Crippen LogP contribution in [0.1, 0.15) is 108 Å². The van der Waals surface area contributed by atoms with Crippen LogP contribution in [0.4, 0.5) is 0 Å². The normalized spacial score (nSPS) is 20.8. The van der Waals surface area contributed by atoms with Crippen LogP contribution in [-0.4, -0.2) is 0 Å². The van der Waals surface area contributed by atoms with E-state index < -0.39 is 0 Å². The lowest BCUT2D eigenvalue weighted by Crippen LogP contribution is -2.22. The van der Waals surface area contributed by atoms with Crippen molar-refractivity contribution in [2.24, 2.45) is 11.8 Å². The van der Waals surface area contributed by atoms with Gasteiger partial charge in [-0.1, -0.05) is 106 Å². The first-order chi connectivity index (χ1) is 14.0. The molecule has 2 fully saturated rings. The van der Waals surface area contributed by atoms with Crippen LogP contribution in [0.5, 0.6) is 0 Å². The van der Waals surface area contributed by atoms with Gasteiger partial charge in [-0.15, -0.1) is 6.58 Å². The predicted octanol–water partition coefficient (Wildman–Crippen LogP) is 9.63. The number of unbranched alkanes of at least 4 members (excludes halogenated alkanes) is 2. The fourth-order valence-electron chi connectivity index (χ4n) is 5.10. The molecule has 0 radical (unpaired) electrons. The lowest BCUT2D eigenvalue weighted by Gasteiger charge is -2.35. The van der Waals surface area contributed by atoms with Crippen molar-refractivity contribution < 1.29 is 0 Å². The van der Waals surface area contributed by atoms with Crippen LogP contribution >= 0.6 is 0 Å². The smallest absolute Gasteiger partial charge is 0.0155 e. The molecule has 2 aliphatic carbocycles. The standard InChI is InChI=1S/C19H26.C10H18/c1-15(2)11-7-6-8-12-17(5)19-14-10-9-13-18(19)16(3)4;1-2-6-10-8-4-3-7-9(10)5-1/h9-10,13-14H,1,3,5-8,11-12H2,2,4H3;9-10H,1-8H2. The van der Waals surface area contributed by atoms with Gasteiger partial charge < -0.3 is 0 Å². The summed E-state index contributed by atoms with van der Waals surface area (Å²) in [6.45, 7) is 16.4. The minimum absolute atomic E-state index is 1.07.